The Hall–Kier alpha value is -2.98. The van der Waals surface area contributed by atoms with E-state index >= 15 is 0 Å². The highest BCUT2D eigenvalue weighted by atomic mass is 79.9. The minimum absolute atomic E-state index is 0.0609. The summed E-state index contributed by atoms with van der Waals surface area (Å²) in [7, 11) is 0. The Morgan fingerprint density at radius 1 is 0.774 bits per heavy atom. The summed E-state index contributed by atoms with van der Waals surface area (Å²) in [6, 6.07) is -1.10. The third-order valence-electron chi connectivity index (χ3n) is 7.77. The van der Waals surface area contributed by atoms with Crippen molar-refractivity contribution in [2.24, 2.45) is 5.73 Å². The zero-order valence-corrected chi connectivity index (χ0v) is 33.6. The molecule has 0 aliphatic rings. The monoisotopic (exact) mass is 829 g/mol. The minimum Gasteiger partial charge on any atom is -0.480 e. The molecule has 0 saturated carbocycles. The molecule has 0 aliphatic carbocycles. The number of imide groups is 1. The standard InChI is InChI=1S/C26H51N5O10.C7H13BrN2O2/c1-4-29(19-24(35)27-7-14-39-16-11-32)9-10-30(21-26(37)38)18-23(6-13-41-22(3)34)31(5-2)20-25(36)28-8-15-40-17-12-33;1-3-7(8,4-2)5(11)10-6(9)12/h23,32-33H,4-21H2,1-3H3,(H,27,35)(H,28,36)(H,37,38);3-4H2,1-2H3,(H3,9,10,11,12). The number of carboxylic acid groups (broad SMARTS) is 1. The number of halogens is 1. The van der Waals surface area contributed by atoms with Gasteiger partial charge in [-0.1, -0.05) is 43.6 Å². The molecule has 0 aromatic rings. The third kappa shape index (κ3) is 28.2. The van der Waals surface area contributed by atoms with Gasteiger partial charge in [0, 0.05) is 45.7 Å². The van der Waals surface area contributed by atoms with Crippen molar-refractivity contribution in [3.63, 3.8) is 0 Å². The van der Waals surface area contributed by atoms with Crippen LogP contribution in [0.5, 0.6) is 0 Å². The van der Waals surface area contributed by atoms with Crippen molar-refractivity contribution in [2.45, 2.75) is 64.2 Å². The number of carboxylic acids is 1. The number of amides is 5. The quantitative estimate of drug-likeness (QED) is 0.0253. The molecule has 0 radical (unpaired) electrons. The number of nitrogens with two attached hydrogens (primary N) is 1. The van der Waals surface area contributed by atoms with Gasteiger partial charge in [-0.2, -0.15) is 0 Å². The van der Waals surface area contributed by atoms with E-state index in [2.05, 4.69) is 26.6 Å². The molecule has 5 amide bonds. The summed E-state index contributed by atoms with van der Waals surface area (Å²) in [5, 5.41) is 34.6. The average Bonchev–Trinajstić information content (AvgIpc) is 3.10. The van der Waals surface area contributed by atoms with Crippen molar-refractivity contribution in [3.05, 3.63) is 0 Å². The first-order valence-electron chi connectivity index (χ1n) is 17.9. The van der Waals surface area contributed by atoms with Crippen molar-refractivity contribution >= 4 is 51.6 Å². The number of primary amides is 1. The van der Waals surface area contributed by atoms with Gasteiger partial charge in [0.25, 0.3) is 0 Å². The van der Waals surface area contributed by atoms with E-state index in [1.807, 2.05) is 42.8 Å². The maximum atomic E-state index is 12.6. The minimum atomic E-state index is -1.00. The maximum absolute atomic E-state index is 12.6. The van der Waals surface area contributed by atoms with Crippen LogP contribution >= 0.6 is 15.9 Å². The molecule has 0 aromatic heterocycles. The molecule has 0 heterocycles. The number of carbonyl (C=O) groups is 6. The molecule has 0 aliphatic heterocycles. The summed E-state index contributed by atoms with van der Waals surface area (Å²) in [4.78, 5) is 75.1. The number of hydrogen-bond acceptors (Lipinski definition) is 14. The van der Waals surface area contributed by atoms with Crippen molar-refractivity contribution in [1.82, 2.24) is 30.7 Å². The Bertz CT molecular complexity index is 1060. The van der Waals surface area contributed by atoms with Crippen molar-refractivity contribution < 1.29 is 58.3 Å². The summed E-state index contributed by atoms with van der Waals surface area (Å²) in [6.07, 6.45) is 1.62. The van der Waals surface area contributed by atoms with Gasteiger partial charge in [0.05, 0.1) is 65.9 Å². The Labute approximate surface area is 321 Å². The van der Waals surface area contributed by atoms with E-state index in [0.29, 0.717) is 65.1 Å². The molecule has 19 nitrogen and oxygen atoms in total. The smallest absolute Gasteiger partial charge is 0.318 e. The summed E-state index contributed by atoms with van der Waals surface area (Å²) in [6.45, 7) is 12.5. The van der Waals surface area contributed by atoms with Crippen LogP contribution in [-0.2, 0) is 38.2 Å². The summed E-state index contributed by atoms with van der Waals surface area (Å²) >= 11 is 3.26. The first-order valence-corrected chi connectivity index (χ1v) is 18.7. The number of aliphatic hydroxyl groups is 2. The van der Waals surface area contributed by atoms with E-state index in [4.69, 9.17) is 30.2 Å². The molecule has 8 N–H and O–H groups in total. The summed E-state index contributed by atoms with van der Waals surface area (Å²) in [5.74, 6) is -2.22. The molecule has 0 rings (SSSR count). The van der Waals surface area contributed by atoms with Crippen LogP contribution in [0.3, 0.4) is 0 Å². The Kier molecular flexibility index (Phi) is 31.9. The fourth-order valence-corrected chi connectivity index (χ4v) is 4.84. The predicted molar refractivity (Wildman–Crippen MR) is 200 cm³/mol. The predicted octanol–water partition coefficient (Wildman–Crippen LogP) is -1.28. The van der Waals surface area contributed by atoms with Gasteiger partial charge in [-0.05, 0) is 32.4 Å². The topological polar surface area (TPSA) is 263 Å². The van der Waals surface area contributed by atoms with Crippen LogP contribution in [0.1, 0.15) is 53.9 Å². The van der Waals surface area contributed by atoms with E-state index in [-0.39, 0.29) is 89.6 Å². The number of hydrogen-bond donors (Lipinski definition) is 7. The van der Waals surface area contributed by atoms with Gasteiger partial charge in [-0.25, -0.2) is 4.79 Å². The summed E-state index contributed by atoms with van der Waals surface area (Å²) in [5.41, 5.74) is 4.81. The number of nitrogens with zero attached hydrogens (tertiary/aromatic N) is 3. The van der Waals surface area contributed by atoms with Crippen LogP contribution in [-0.4, -0.2) is 188 Å². The number of alkyl halides is 1. The molecule has 0 bridgehead atoms. The first-order chi connectivity index (χ1) is 25.1. The van der Waals surface area contributed by atoms with Gasteiger partial charge in [0.15, 0.2) is 0 Å². The van der Waals surface area contributed by atoms with Gasteiger partial charge < -0.3 is 45.9 Å². The summed E-state index contributed by atoms with van der Waals surface area (Å²) < 4.78 is 14.8. The van der Waals surface area contributed by atoms with Crippen molar-refractivity contribution in [2.75, 3.05) is 112 Å². The van der Waals surface area contributed by atoms with Crippen LogP contribution in [0.2, 0.25) is 0 Å². The van der Waals surface area contributed by atoms with E-state index < -0.39 is 22.3 Å². The van der Waals surface area contributed by atoms with Crippen LogP contribution in [0.4, 0.5) is 4.79 Å². The zero-order valence-electron chi connectivity index (χ0n) is 32.0. The van der Waals surface area contributed by atoms with Gasteiger partial charge in [0.2, 0.25) is 17.7 Å². The molecule has 0 saturated heterocycles. The Morgan fingerprint density at radius 3 is 1.74 bits per heavy atom. The second-order valence-corrected chi connectivity index (χ2v) is 13.2. The molecule has 53 heavy (non-hydrogen) atoms. The molecule has 310 valence electrons. The molecule has 0 aromatic carbocycles. The average molecular weight is 831 g/mol. The molecular weight excluding hydrogens is 766 g/mol. The fraction of sp³-hybridized carbons (Fsp3) is 0.818. The van der Waals surface area contributed by atoms with E-state index in [1.54, 1.807) is 4.90 Å². The number of likely N-dealkylation sites (N-methyl/N-ethyl adjacent to an activating group) is 2. The lowest BCUT2D eigenvalue weighted by atomic mass is 10.0. The maximum Gasteiger partial charge on any atom is 0.318 e. The Balaban J connectivity index is 0. The SMILES string of the molecule is CCC(Br)(CC)C(=O)NC(N)=O.CCN(CCN(CC(=O)O)CC(CCOC(C)=O)N(CC)CC(=O)NCCOCCO)CC(=O)NCCOCCO. The molecule has 1 unspecified atom stereocenters. The number of nitrogens with one attached hydrogen (secondary N) is 3. The lowest BCUT2D eigenvalue weighted by Gasteiger charge is -2.35. The van der Waals surface area contributed by atoms with Crippen LogP contribution in [0.25, 0.3) is 0 Å². The highest BCUT2D eigenvalue weighted by Gasteiger charge is 2.32. The zero-order chi connectivity index (χ0) is 40.7. The number of aliphatic hydroxyl groups excluding tert-OH is 2. The second-order valence-electron chi connectivity index (χ2n) is 11.7. The molecule has 1 atom stereocenters. The number of ether oxygens (including phenoxy) is 3. The normalized spacial score (nSPS) is 11.8. The van der Waals surface area contributed by atoms with E-state index in [1.165, 1.54) is 6.92 Å². The third-order valence-corrected chi connectivity index (χ3v) is 9.25. The highest BCUT2D eigenvalue weighted by Crippen LogP contribution is 2.26. The molecular formula is C33H64BrN7O12. The lowest BCUT2D eigenvalue weighted by Crippen LogP contribution is -2.51. The van der Waals surface area contributed by atoms with Gasteiger partial charge in [-0.3, -0.25) is 44.0 Å². The number of esters is 1. The van der Waals surface area contributed by atoms with E-state index in [0.717, 1.165) is 0 Å². The van der Waals surface area contributed by atoms with E-state index in [9.17, 15) is 33.9 Å². The van der Waals surface area contributed by atoms with Gasteiger partial charge in [-0.15, -0.1) is 0 Å². The van der Waals surface area contributed by atoms with Crippen LogP contribution < -0.4 is 21.7 Å². The molecule has 0 spiro atoms. The van der Waals surface area contributed by atoms with Gasteiger partial charge >= 0.3 is 18.0 Å². The number of rotatable bonds is 30. The molecule has 20 heteroatoms. The molecule has 0 fully saturated rings. The van der Waals surface area contributed by atoms with Crippen LogP contribution in [0.15, 0.2) is 0 Å². The van der Waals surface area contributed by atoms with Crippen LogP contribution in [0, 0.1) is 0 Å². The van der Waals surface area contributed by atoms with Crippen molar-refractivity contribution in [1.29, 1.82) is 0 Å². The second kappa shape index (κ2) is 32.5. The first kappa shape index (κ1) is 52.1. The highest BCUT2D eigenvalue weighted by molar-refractivity contribution is 9.10. The largest absolute Gasteiger partial charge is 0.480 e. The number of urea groups is 1. The fourth-order valence-electron chi connectivity index (χ4n) is 4.74. The number of aliphatic carboxylic acids is 1. The Morgan fingerprint density at radius 2 is 1.30 bits per heavy atom. The lowest BCUT2D eigenvalue weighted by molar-refractivity contribution is -0.141. The van der Waals surface area contributed by atoms with Gasteiger partial charge in [0.1, 0.15) is 4.32 Å². The number of carbonyl (C=O) groups excluding carboxylic acids is 5. The van der Waals surface area contributed by atoms with Crippen molar-refractivity contribution in [3.8, 4) is 0 Å².